The Morgan fingerprint density at radius 2 is 1.10 bits per heavy atom. The summed E-state index contributed by atoms with van der Waals surface area (Å²) >= 11 is 0. The predicted octanol–water partition coefficient (Wildman–Crippen LogP) is 12.4. The zero-order valence-corrected chi connectivity index (χ0v) is 28.3. The van der Waals surface area contributed by atoms with E-state index in [2.05, 4.69) is 182 Å². The standard InChI is InChI=1S/C40H32N2.C7H8/c1-28-10-6-7-11-30(28)22-24-41-25-23-32-26-33(17-16-29(32)2)34-19-21-39-38(27-34)37-20-18-31-12-8-9-15-36(31)40(37)42(39)35-13-4-3-5-14-35;1-7-5-3-2-4-6-7/h3-27,41H,1-2H3;2-6H,1H3/b24-22+,25-23-;. The van der Waals surface area contributed by atoms with Gasteiger partial charge in [-0.25, -0.2) is 0 Å². The minimum atomic E-state index is 1.17. The number of benzene rings is 7. The second-order valence-electron chi connectivity index (χ2n) is 12.5. The molecule has 1 aromatic heterocycles. The van der Waals surface area contributed by atoms with Gasteiger partial charge in [0.15, 0.2) is 0 Å². The van der Waals surface area contributed by atoms with Crippen LogP contribution >= 0.6 is 0 Å². The highest BCUT2D eigenvalue weighted by Crippen LogP contribution is 2.38. The highest BCUT2D eigenvalue weighted by atomic mass is 15.0. The van der Waals surface area contributed by atoms with Crippen LogP contribution in [0, 0.1) is 20.8 Å². The lowest BCUT2D eigenvalue weighted by atomic mass is 9.98. The van der Waals surface area contributed by atoms with E-state index in [9.17, 15) is 0 Å². The zero-order chi connectivity index (χ0) is 33.6. The van der Waals surface area contributed by atoms with Crippen LogP contribution in [0.5, 0.6) is 0 Å². The summed E-state index contributed by atoms with van der Waals surface area (Å²) in [7, 11) is 0. The van der Waals surface area contributed by atoms with Crippen molar-refractivity contribution in [3.63, 3.8) is 0 Å². The van der Waals surface area contributed by atoms with Crippen molar-refractivity contribution in [2.45, 2.75) is 20.8 Å². The van der Waals surface area contributed by atoms with Crippen LogP contribution in [0.1, 0.15) is 27.8 Å². The van der Waals surface area contributed by atoms with Crippen LogP contribution in [0.15, 0.2) is 170 Å². The molecule has 8 aromatic rings. The Morgan fingerprint density at radius 3 is 1.86 bits per heavy atom. The SMILES string of the molecule is Cc1ccc(-c2ccc3c(c2)c2ccc4ccccc4c2n3-c2ccccc2)cc1/C=C\N/C=C/c1ccccc1C.Cc1ccccc1. The molecular formula is C47H40N2. The Kier molecular flexibility index (Phi) is 9.21. The Morgan fingerprint density at radius 1 is 0.469 bits per heavy atom. The quantitative estimate of drug-likeness (QED) is 0.193. The van der Waals surface area contributed by atoms with Crippen LogP contribution in [-0.2, 0) is 0 Å². The number of aromatic nitrogens is 1. The largest absolute Gasteiger partial charge is 0.368 e. The van der Waals surface area contributed by atoms with Crippen molar-refractivity contribution in [3.8, 4) is 16.8 Å². The molecule has 0 amide bonds. The van der Waals surface area contributed by atoms with Crippen molar-refractivity contribution >= 4 is 44.7 Å². The summed E-state index contributed by atoms with van der Waals surface area (Å²) in [6.07, 6.45) is 8.24. The van der Waals surface area contributed by atoms with Crippen LogP contribution in [0.25, 0.3) is 61.5 Å². The number of fused-ring (bicyclic) bond motifs is 5. The summed E-state index contributed by atoms with van der Waals surface area (Å²) in [5, 5.41) is 8.36. The van der Waals surface area contributed by atoms with E-state index in [0.29, 0.717) is 0 Å². The third-order valence-corrected chi connectivity index (χ3v) is 9.13. The highest BCUT2D eigenvalue weighted by Gasteiger charge is 2.16. The average Bonchev–Trinajstić information content (AvgIpc) is 3.48. The average molecular weight is 633 g/mol. The molecule has 0 fully saturated rings. The van der Waals surface area contributed by atoms with Crippen LogP contribution < -0.4 is 5.32 Å². The first-order chi connectivity index (χ1) is 24.1. The summed E-state index contributed by atoms with van der Waals surface area (Å²) in [4.78, 5) is 0. The van der Waals surface area contributed by atoms with Crippen LogP contribution in [-0.4, -0.2) is 4.57 Å². The molecular weight excluding hydrogens is 593 g/mol. The van der Waals surface area contributed by atoms with Crippen molar-refractivity contribution in [1.82, 2.24) is 9.88 Å². The van der Waals surface area contributed by atoms with Gasteiger partial charge in [0, 0.05) is 34.2 Å². The predicted molar refractivity (Wildman–Crippen MR) is 212 cm³/mol. The van der Waals surface area contributed by atoms with Gasteiger partial charge in [0.05, 0.1) is 11.0 Å². The first-order valence-electron chi connectivity index (χ1n) is 16.9. The van der Waals surface area contributed by atoms with E-state index in [4.69, 9.17) is 0 Å². The van der Waals surface area contributed by atoms with E-state index in [-0.39, 0.29) is 0 Å². The summed E-state index contributed by atoms with van der Waals surface area (Å²) in [6, 6.07) is 56.1. The maximum absolute atomic E-state index is 3.31. The van der Waals surface area contributed by atoms with E-state index in [0.717, 1.165) is 0 Å². The summed E-state index contributed by atoms with van der Waals surface area (Å²) in [5.74, 6) is 0. The maximum atomic E-state index is 3.31. The number of nitrogens with one attached hydrogen (secondary N) is 1. The molecule has 7 aromatic carbocycles. The first kappa shape index (κ1) is 31.5. The van der Waals surface area contributed by atoms with Crippen LogP contribution in [0.4, 0.5) is 0 Å². The molecule has 1 N–H and O–H groups in total. The zero-order valence-electron chi connectivity index (χ0n) is 28.3. The van der Waals surface area contributed by atoms with Gasteiger partial charge in [-0.2, -0.15) is 0 Å². The van der Waals surface area contributed by atoms with E-state index < -0.39 is 0 Å². The molecule has 0 saturated heterocycles. The fraction of sp³-hybridized carbons (Fsp3) is 0.0638. The number of para-hydroxylation sites is 1. The summed E-state index contributed by atoms with van der Waals surface area (Å²) < 4.78 is 2.41. The van der Waals surface area contributed by atoms with Gasteiger partial charge in [-0.1, -0.05) is 133 Å². The second-order valence-corrected chi connectivity index (χ2v) is 12.5. The molecule has 8 rings (SSSR count). The Bertz CT molecular complexity index is 2430. The minimum absolute atomic E-state index is 1.17. The van der Waals surface area contributed by atoms with E-state index in [1.807, 2.05) is 30.6 Å². The second kappa shape index (κ2) is 14.3. The lowest BCUT2D eigenvalue weighted by Gasteiger charge is -2.10. The Balaban J connectivity index is 0.000000483. The molecule has 0 atom stereocenters. The van der Waals surface area contributed by atoms with Crippen molar-refractivity contribution in [2.24, 2.45) is 0 Å². The lowest BCUT2D eigenvalue weighted by molar-refractivity contribution is 1.19. The molecule has 2 heteroatoms. The number of hydrogen-bond donors (Lipinski definition) is 1. The van der Waals surface area contributed by atoms with Gasteiger partial charge >= 0.3 is 0 Å². The lowest BCUT2D eigenvalue weighted by Crippen LogP contribution is -1.94. The number of rotatable bonds is 6. The van der Waals surface area contributed by atoms with Gasteiger partial charge in [-0.05, 0) is 102 Å². The highest BCUT2D eigenvalue weighted by molar-refractivity contribution is 6.19. The number of hydrogen-bond acceptors (Lipinski definition) is 1. The van der Waals surface area contributed by atoms with Gasteiger partial charge in [0.2, 0.25) is 0 Å². The van der Waals surface area contributed by atoms with Crippen molar-refractivity contribution in [1.29, 1.82) is 0 Å². The van der Waals surface area contributed by atoms with E-state index in [1.54, 1.807) is 0 Å². The summed E-state index contributed by atoms with van der Waals surface area (Å²) in [5.41, 5.74) is 12.3. The van der Waals surface area contributed by atoms with Crippen molar-refractivity contribution in [2.75, 3.05) is 0 Å². The molecule has 0 aliphatic heterocycles. The topological polar surface area (TPSA) is 17.0 Å². The molecule has 0 saturated carbocycles. The van der Waals surface area contributed by atoms with E-state index in [1.165, 1.54) is 77.2 Å². The molecule has 0 unspecified atom stereocenters. The molecule has 2 nitrogen and oxygen atoms in total. The minimum Gasteiger partial charge on any atom is -0.368 e. The molecule has 0 aliphatic carbocycles. The summed E-state index contributed by atoms with van der Waals surface area (Å²) in [6.45, 7) is 6.37. The normalized spacial score (nSPS) is 11.4. The fourth-order valence-corrected chi connectivity index (χ4v) is 6.44. The van der Waals surface area contributed by atoms with Crippen LogP contribution in [0.2, 0.25) is 0 Å². The molecule has 238 valence electrons. The van der Waals surface area contributed by atoms with Gasteiger partial charge < -0.3 is 9.88 Å². The van der Waals surface area contributed by atoms with Gasteiger partial charge in [0.25, 0.3) is 0 Å². The number of aryl methyl sites for hydroxylation is 3. The van der Waals surface area contributed by atoms with Crippen molar-refractivity contribution < 1.29 is 0 Å². The Labute approximate surface area is 289 Å². The van der Waals surface area contributed by atoms with Gasteiger partial charge in [0.1, 0.15) is 0 Å². The molecule has 0 spiro atoms. The fourth-order valence-electron chi connectivity index (χ4n) is 6.44. The Hall–Kier alpha value is -6.12. The molecule has 1 heterocycles. The van der Waals surface area contributed by atoms with Gasteiger partial charge in [-0.3, -0.25) is 0 Å². The monoisotopic (exact) mass is 632 g/mol. The van der Waals surface area contributed by atoms with Crippen LogP contribution in [0.3, 0.4) is 0 Å². The molecule has 0 bridgehead atoms. The molecule has 49 heavy (non-hydrogen) atoms. The third-order valence-electron chi connectivity index (χ3n) is 9.13. The molecule has 0 aliphatic rings. The third kappa shape index (κ3) is 6.81. The van der Waals surface area contributed by atoms with Crippen molar-refractivity contribution in [3.05, 3.63) is 198 Å². The van der Waals surface area contributed by atoms with Gasteiger partial charge in [-0.15, -0.1) is 0 Å². The smallest absolute Gasteiger partial charge is 0.0619 e. The number of nitrogens with zero attached hydrogens (tertiary/aromatic N) is 1. The first-order valence-corrected chi connectivity index (χ1v) is 16.9. The maximum Gasteiger partial charge on any atom is 0.0619 e. The molecule has 0 radical (unpaired) electrons. The van der Waals surface area contributed by atoms with E-state index >= 15 is 0 Å².